The van der Waals surface area contributed by atoms with Gasteiger partial charge < -0.3 is 9.64 Å². The number of anilines is 1. The Kier molecular flexibility index (Phi) is 7.51. The SMILES string of the molecule is CC(C)c1nn(-c2ccc(F)cc2)c2nc(C(=O)NS(C)(=O)=O)cc(-c3cnc(N(C)C4CCOCC4)nc3)c12. The minimum absolute atomic E-state index is 0.0414. The molecule has 11 nitrogen and oxygen atoms in total. The molecule has 0 saturated carbocycles. The van der Waals surface area contributed by atoms with Crippen molar-refractivity contribution in [3.05, 3.63) is 59.9 Å². The van der Waals surface area contributed by atoms with Gasteiger partial charge in [0.1, 0.15) is 11.5 Å². The number of hydrogen-bond acceptors (Lipinski definition) is 9. The maximum Gasteiger partial charge on any atom is 0.283 e. The third-order valence-corrected chi connectivity index (χ3v) is 7.35. The van der Waals surface area contributed by atoms with Gasteiger partial charge in [-0.1, -0.05) is 13.8 Å². The quantitative estimate of drug-likeness (QED) is 0.357. The van der Waals surface area contributed by atoms with Crippen molar-refractivity contribution in [2.45, 2.75) is 38.6 Å². The maximum atomic E-state index is 13.7. The molecule has 40 heavy (non-hydrogen) atoms. The Morgan fingerprint density at radius 2 is 1.80 bits per heavy atom. The summed E-state index contributed by atoms with van der Waals surface area (Å²) in [5.41, 5.74) is 2.58. The van der Waals surface area contributed by atoms with Crippen LogP contribution < -0.4 is 9.62 Å². The summed E-state index contributed by atoms with van der Waals surface area (Å²) in [6, 6.07) is 7.51. The molecule has 3 aromatic heterocycles. The predicted molar refractivity (Wildman–Crippen MR) is 148 cm³/mol. The second kappa shape index (κ2) is 10.9. The average molecular weight is 568 g/mol. The Bertz CT molecular complexity index is 1650. The van der Waals surface area contributed by atoms with Crippen LogP contribution in [0.3, 0.4) is 0 Å². The number of ether oxygens (including phenoxy) is 1. The number of hydrogen-bond donors (Lipinski definition) is 1. The van der Waals surface area contributed by atoms with E-state index in [0.717, 1.165) is 19.1 Å². The Labute approximate surface area is 231 Å². The largest absolute Gasteiger partial charge is 0.381 e. The van der Waals surface area contributed by atoms with Gasteiger partial charge in [0.2, 0.25) is 16.0 Å². The molecule has 1 aliphatic rings. The molecule has 5 rings (SSSR count). The highest BCUT2D eigenvalue weighted by molar-refractivity contribution is 7.89. The number of halogens is 1. The lowest BCUT2D eigenvalue weighted by Gasteiger charge is -2.31. The average Bonchev–Trinajstić information content (AvgIpc) is 3.32. The molecule has 1 saturated heterocycles. The van der Waals surface area contributed by atoms with Gasteiger partial charge in [0, 0.05) is 49.8 Å². The van der Waals surface area contributed by atoms with Crippen molar-refractivity contribution in [3.63, 3.8) is 0 Å². The van der Waals surface area contributed by atoms with Gasteiger partial charge in [-0.25, -0.2) is 37.2 Å². The fourth-order valence-electron chi connectivity index (χ4n) is 4.75. The van der Waals surface area contributed by atoms with Crippen LogP contribution in [0.2, 0.25) is 0 Å². The Balaban J connectivity index is 1.68. The lowest BCUT2D eigenvalue weighted by Crippen LogP contribution is -2.37. The van der Waals surface area contributed by atoms with Crippen LogP contribution in [0.15, 0.2) is 42.7 Å². The normalized spacial score (nSPS) is 14.6. The monoisotopic (exact) mass is 567 g/mol. The van der Waals surface area contributed by atoms with Crippen LogP contribution in [0.5, 0.6) is 0 Å². The lowest BCUT2D eigenvalue weighted by atomic mass is 9.99. The number of nitrogens with one attached hydrogen (secondary N) is 1. The van der Waals surface area contributed by atoms with E-state index in [1.165, 1.54) is 22.9 Å². The summed E-state index contributed by atoms with van der Waals surface area (Å²) < 4.78 is 46.3. The van der Waals surface area contributed by atoms with Crippen molar-refractivity contribution in [2.75, 3.05) is 31.4 Å². The smallest absolute Gasteiger partial charge is 0.283 e. The first-order chi connectivity index (χ1) is 19.0. The van der Waals surface area contributed by atoms with E-state index in [0.29, 0.717) is 52.7 Å². The molecule has 4 aromatic rings. The van der Waals surface area contributed by atoms with Gasteiger partial charge in [-0.2, -0.15) is 5.10 Å². The first-order valence-electron chi connectivity index (χ1n) is 12.9. The van der Waals surface area contributed by atoms with E-state index in [9.17, 15) is 17.6 Å². The predicted octanol–water partition coefficient (Wildman–Crippen LogP) is 3.44. The summed E-state index contributed by atoms with van der Waals surface area (Å²) in [4.78, 5) is 28.7. The van der Waals surface area contributed by atoms with Crippen molar-refractivity contribution < 1.29 is 22.3 Å². The zero-order valence-electron chi connectivity index (χ0n) is 22.6. The Morgan fingerprint density at radius 1 is 1.15 bits per heavy atom. The second-order valence-electron chi connectivity index (χ2n) is 10.1. The van der Waals surface area contributed by atoms with Crippen LogP contribution in [-0.2, 0) is 14.8 Å². The molecular weight excluding hydrogens is 537 g/mol. The number of carbonyl (C=O) groups excluding carboxylic acids is 1. The summed E-state index contributed by atoms with van der Waals surface area (Å²) >= 11 is 0. The third-order valence-electron chi connectivity index (χ3n) is 6.80. The molecule has 210 valence electrons. The maximum absolute atomic E-state index is 13.7. The van der Waals surface area contributed by atoms with Crippen molar-refractivity contribution >= 4 is 32.9 Å². The van der Waals surface area contributed by atoms with Gasteiger partial charge in [0.15, 0.2) is 5.65 Å². The Morgan fingerprint density at radius 3 is 2.40 bits per heavy atom. The Hall–Kier alpha value is -3.97. The van der Waals surface area contributed by atoms with E-state index in [2.05, 4.69) is 15.0 Å². The van der Waals surface area contributed by atoms with Gasteiger partial charge in [0.05, 0.1) is 23.0 Å². The zero-order chi connectivity index (χ0) is 28.6. The highest BCUT2D eigenvalue weighted by Gasteiger charge is 2.25. The van der Waals surface area contributed by atoms with E-state index in [1.807, 2.05) is 30.5 Å². The van der Waals surface area contributed by atoms with E-state index in [4.69, 9.17) is 9.84 Å². The molecule has 0 radical (unpaired) electrons. The molecule has 1 fully saturated rings. The number of amides is 1. The van der Waals surface area contributed by atoms with Crippen molar-refractivity contribution in [2.24, 2.45) is 0 Å². The van der Waals surface area contributed by atoms with Crippen LogP contribution >= 0.6 is 0 Å². The number of pyridine rings is 1. The fourth-order valence-corrected chi connectivity index (χ4v) is 5.19. The number of aromatic nitrogens is 5. The molecule has 0 aliphatic carbocycles. The van der Waals surface area contributed by atoms with Crippen LogP contribution in [0.25, 0.3) is 27.8 Å². The number of rotatable bonds is 7. The highest BCUT2D eigenvalue weighted by atomic mass is 32.2. The molecule has 0 atom stereocenters. The number of fused-ring (bicyclic) bond motifs is 1. The molecular formula is C27H30FN7O4S. The molecule has 1 aromatic carbocycles. The van der Waals surface area contributed by atoms with Crippen LogP contribution in [0.1, 0.15) is 48.8 Å². The molecule has 0 unspecified atom stereocenters. The third kappa shape index (κ3) is 5.65. The molecule has 0 bridgehead atoms. The van der Waals surface area contributed by atoms with Gasteiger partial charge >= 0.3 is 0 Å². The summed E-state index contributed by atoms with van der Waals surface area (Å²) in [5.74, 6) is -0.781. The molecule has 1 amide bonds. The van der Waals surface area contributed by atoms with Crippen molar-refractivity contribution in [1.82, 2.24) is 29.5 Å². The van der Waals surface area contributed by atoms with Crippen LogP contribution in [0.4, 0.5) is 10.3 Å². The lowest BCUT2D eigenvalue weighted by molar-refractivity contribution is 0.0852. The highest BCUT2D eigenvalue weighted by Crippen LogP contribution is 2.35. The van der Waals surface area contributed by atoms with Gasteiger partial charge in [-0.15, -0.1) is 0 Å². The van der Waals surface area contributed by atoms with E-state index in [-0.39, 0.29) is 17.7 Å². The van der Waals surface area contributed by atoms with Gasteiger partial charge in [0.25, 0.3) is 5.91 Å². The fraction of sp³-hybridized carbons (Fsp3) is 0.370. The van der Waals surface area contributed by atoms with Crippen LogP contribution in [0, 0.1) is 5.82 Å². The zero-order valence-corrected chi connectivity index (χ0v) is 23.4. The van der Waals surface area contributed by atoms with E-state index < -0.39 is 21.7 Å². The summed E-state index contributed by atoms with van der Waals surface area (Å²) in [6.45, 7) is 5.34. The van der Waals surface area contributed by atoms with Gasteiger partial charge in [-0.3, -0.25) is 4.79 Å². The molecule has 1 N–H and O–H groups in total. The minimum atomic E-state index is -3.85. The molecule has 13 heteroatoms. The first-order valence-corrected chi connectivity index (χ1v) is 14.8. The summed E-state index contributed by atoms with van der Waals surface area (Å²) in [6.07, 6.45) is 6.00. The van der Waals surface area contributed by atoms with Crippen LogP contribution in [-0.4, -0.2) is 71.6 Å². The standard InChI is InChI=1S/C27H30FN7O4S/c1-16(2)24-23-21(17-14-29-27(30-15-17)34(3)19-9-11-39-12-10-19)13-22(26(36)33-40(4,37)38)31-25(23)35(32-24)20-7-5-18(28)6-8-20/h5-8,13-16,19H,9-12H2,1-4H3,(H,33,36). The number of benzene rings is 1. The summed E-state index contributed by atoms with van der Waals surface area (Å²) in [5, 5.41) is 5.43. The molecule has 0 spiro atoms. The molecule has 1 aliphatic heterocycles. The topological polar surface area (TPSA) is 132 Å². The summed E-state index contributed by atoms with van der Waals surface area (Å²) in [7, 11) is -1.89. The first kappa shape index (κ1) is 27.6. The molecule has 4 heterocycles. The number of carbonyl (C=O) groups is 1. The van der Waals surface area contributed by atoms with Crippen molar-refractivity contribution in [3.8, 4) is 16.8 Å². The minimum Gasteiger partial charge on any atom is -0.381 e. The van der Waals surface area contributed by atoms with Gasteiger partial charge in [-0.05, 0) is 49.1 Å². The van der Waals surface area contributed by atoms with E-state index in [1.54, 1.807) is 24.5 Å². The number of sulfonamides is 1. The van der Waals surface area contributed by atoms with E-state index >= 15 is 0 Å². The second-order valence-corrected chi connectivity index (χ2v) is 11.9. The number of nitrogens with zero attached hydrogens (tertiary/aromatic N) is 6. The van der Waals surface area contributed by atoms with Crippen molar-refractivity contribution in [1.29, 1.82) is 0 Å².